The van der Waals surface area contributed by atoms with Crippen molar-refractivity contribution in [1.29, 1.82) is 0 Å². The van der Waals surface area contributed by atoms with Gasteiger partial charge in [0.1, 0.15) is 5.82 Å². The van der Waals surface area contributed by atoms with Gasteiger partial charge in [0.25, 0.3) is 0 Å². The van der Waals surface area contributed by atoms with Crippen molar-refractivity contribution in [3.63, 3.8) is 0 Å². The summed E-state index contributed by atoms with van der Waals surface area (Å²) in [7, 11) is 0. The second-order valence-electron chi connectivity index (χ2n) is 4.18. The minimum Gasteiger partial charge on any atom is -0.374 e. The van der Waals surface area contributed by atoms with Gasteiger partial charge in [-0.25, -0.2) is 4.39 Å². The van der Waals surface area contributed by atoms with Crippen molar-refractivity contribution in [2.75, 3.05) is 26.2 Å². The standard InChI is InChI=1S/C12H16ClFN2O.ClH/c13-11-3-1-2-9(12(11)14)7-16-4-5-17-10(6-15)8-16;/h1-3,10H,4-8,15H2;1H. The number of halogens is 3. The van der Waals surface area contributed by atoms with Gasteiger partial charge in [-0.15, -0.1) is 12.4 Å². The van der Waals surface area contributed by atoms with Crippen molar-refractivity contribution >= 4 is 24.0 Å². The minimum atomic E-state index is -0.329. The topological polar surface area (TPSA) is 38.5 Å². The maximum absolute atomic E-state index is 13.7. The largest absolute Gasteiger partial charge is 0.374 e. The van der Waals surface area contributed by atoms with E-state index < -0.39 is 0 Å². The molecule has 0 saturated carbocycles. The second kappa shape index (κ2) is 7.26. The molecule has 0 amide bonds. The Morgan fingerprint density at radius 3 is 3.00 bits per heavy atom. The lowest BCUT2D eigenvalue weighted by atomic mass is 10.1. The lowest BCUT2D eigenvalue weighted by Crippen LogP contribution is -2.45. The van der Waals surface area contributed by atoms with E-state index in [4.69, 9.17) is 22.1 Å². The van der Waals surface area contributed by atoms with Crippen LogP contribution < -0.4 is 5.73 Å². The van der Waals surface area contributed by atoms with Gasteiger partial charge in [0.2, 0.25) is 0 Å². The van der Waals surface area contributed by atoms with E-state index in [1.807, 2.05) is 0 Å². The normalized spacial score (nSPS) is 20.5. The van der Waals surface area contributed by atoms with E-state index in [9.17, 15) is 4.39 Å². The van der Waals surface area contributed by atoms with Gasteiger partial charge in [0.05, 0.1) is 17.7 Å². The van der Waals surface area contributed by atoms with Crippen LogP contribution in [0.5, 0.6) is 0 Å². The van der Waals surface area contributed by atoms with Crippen molar-refractivity contribution in [3.05, 3.63) is 34.6 Å². The Hall–Kier alpha value is -0.390. The maximum atomic E-state index is 13.7. The molecule has 3 nitrogen and oxygen atoms in total. The third-order valence-electron chi connectivity index (χ3n) is 2.91. The molecule has 0 aliphatic carbocycles. The van der Waals surface area contributed by atoms with E-state index in [0.717, 1.165) is 13.1 Å². The van der Waals surface area contributed by atoms with Crippen LogP contribution in [0, 0.1) is 5.82 Å². The zero-order valence-corrected chi connectivity index (χ0v) is 11.5. The Morgan fingerprint density at radius 2 is 2.28 bits per heavy atom. The van der Waals surface area contributed by atoms with E-state index >= 15 is 0 Å². The molecule has 1 saturated heterocycles. The van der Waals surface area contributed by atoms with Crippen molar-refractivity contribution in [2.45, 2.75) is 12.6 Å². The predicted molar refractivity (Wildman–Crippen MR) is 72.7 cm³/mol. The van der Waals surface area contributed by atoms with Gasteiger partial charge in [-0.2, -0.15) is 0 Å². The monoisotopic (exact) mass is 294 g/mol. The summed E-state index contributed by atoms with van der Waals surface area (Å²) in [5.74, 6) is -0.329. The SMILES string of the molecule is Cl.NCC1CN(Cc2cccc(Cl)c2F)CCO1. The molecule has 1 aromatic rings. The first kappa shape index (κ1) is 15.7. The zero-order chi connectivity index (χ0) is 12.3. The number of hydrogen-bond acceptors (Lipinski definition) is 3. The summed E-state index contributed by atoms with van der Waals surface area (Å²) in [6, 6.07) is 5.08. The van der Waals surface area contributed by atoms with Crippen LogP contribution in [0.4, 0.5) is 4.39 Å². The molecule has 6 heteroatoms. The maximum Gasteiger partial charge on any atom is 0.146 e. The van der Waals surface area contributed by atoms with Crippen LogP contribution >= 0.6 is 24.0 Å². The van der Waals surface area contributed by atoms with Crippen LogP contribution in [-0.2, 0) is 11.3 Å². The Labute approximate surface area is 117 Å². The zero-order valence-electron chi connectivity index (χ0n) is 9.94. The fourth-order valence-electron chi connectivity index (χ4n) is 1.98. The molecule has 0 bridgehead atoms. The molecule has 18 heavy (non-hydrogen) atoms. The average Bonchev–Trinajstić information content (AvgIpc) is 2.35. The summed E-state index contributed by atoms with van der Waals surface area (Å²) in [4.78, 5) is 2.13. The number of benzene rings is 1. The van der Waals surface area contributed by atoms with Crippen LogP contribution in [0.25, 0.3) is 0 Å². The highest BCUT2D eigenvalue weighted by molar-refractivity contribution is 6.30. The summed E-state index contributed by atoms with van der Waals surface area (Å²) in [5, 5.41) is 0.172. The molecule has 1 aromatic carbocycles. The summed E-state index contributed by atoms with van der Waals surface area (Å²) in [6.07, 6.45) is 0.0472. The Bertz CT molecular complexity index is 392. The number of nitrogens with zero attached hydrogens (tertiary/aromatic N) is 1. The van der Waals surface area contributed by atoms with E-state index in [2.05, 4.69) is 4.90 Å². The van der Waals surface area contributed by atoms with Gasteiger partial charge in [0.15, 0.2) is 0 Å². The number of nitrogens with two attached hydrogens (primary N) is 1. The first-order chi connectivity index (χ1) is 8.20. The van der Waals surface area contributed by atoms with Crippen LogP contribution in [0.15, 0.2) is 18.2 Å². The summed E-state index contributed by atoms with van der Waals surface area (Å²) >= 11 is 5.75. The van der Waals surface area contributed by atoms with Crippen LogP contribution in [-0.4, -0.2) is 37.2 Å². The third kappa shape index (κ3) is 3.80. The molecule has 0 radical (unpaired) electrons. The summed E-state index contributed by atoms with van der Waals surface area (Å²) < 4.78 is 19.2. The predicted octanol–water partition coefficient (Wildman–Crippen LogP) is 2.06. The van der Waals surface area contributed by atoms with Gasteiger partial charge < -0.3 is 10.5 Å². The molecular weight excluding hydrogens is 278 g/mol. The minimum absolute atomic E-state index is 0. The molecule has 1 atom stereocenters. The van der Waals surface area contributed by atoms with Crippen molar-refractivity contribution in [2.24, 2.45) is 5.73 Å². The van der Waals surface area contributed by atoms with E-state index in [1.54, 1.807) is 18.2 Å². The van der Waals surface area contributed by atoms with Gasteiger partial charge in [-0.05, 0) is 6.07 Å². The molecule has 102 valence electrons. The van der Waals surface area contributed by atoms with Gasteiger partial charge in [-0.3, -0.25) is 4.90 Å². The van der Waals surface area contributed by atoms with Crippen molar-refractivity contribution in [3.8, 4) is 0 Å². The third-order valence-corrected chi connectivity index (χ3v) is 3.20. The van der Waals surface area contributed by atoms with Gasteiger partial charge in [0, 0.05) is 31.7 Å². The highest BCUT2D eigenvalue weighted by Gasteiger charge is 2.20. The first-order valence-electron chi connectivity index (χ1n) is 5.67. The molecule has 0 aromatic heterocycles. The summed E-state index contributed by atoms with van der Waals surface area (Å²) in [5.41, 5.74) is 6.19. The van der Waals surface area contributed by atoms with Crippen LogP contribution in [0.1, 0.15) is 5.56 Å². The molecule has 1 fully saturated rings. The molecule has 0 spiro atoms. The molecule has 1 heterocycles. The van der Waals surface area contributed by atoms with E-state index in [0.29, 0.717) is 25.3 Å². The van der Waals surface area contributed by atoms with Crippen molar-refractivity contribution < 1.29 is 9.13 Å². The Morgan fingerprint density at radius 1 is 1.50 bits per heavy atom. The molecule has 1 aliphatic rings. The molecule has 2 rings (SSSR count). The van der Waals surface area contributed by atoms with E-state index in [1.165, 1.54) is 0 Å². The number of rotatable bonds is 3. The molecule has 1 unspecified atom stereocenters. The number of morpholine rings is 1. The number of hydrogen-bond donors (Lipinski definition) is 1. The molecule has 2 N–H and O–H groups in total. The first-order valence-corrected chi connectivity index (χ1v) is 6.05. The van der Waals surface area contributed by atoms with E-state index in [-0.39, 0.29) is 29.4 Å². The fraction of sp³-hybridized carbons (Fsp3) is 0.500. The number of ether oxygens (including phenoxy) is 1. The Balaban J connectivity index is 0.00000162. The van der Waals surface area contributed by atoms with Gasteiger partial charge in [-0.1, -0.05) is 23.7 Å². The van der Waals surface area contributed by atoms with Crippen molar-refractivity contribution in [1.82, 2.24) is 4.90 Å². The second-order valence-corrected chi connectivity index (χ2v) is 4.58. The molecule has 1 aliphatic heterocycles. The smallest absolute Gasteiger partial charge is 0.146 e. The summed E-state index contributed by atoms with van der Waals surface area (Å²) in [6.45, 7) is 3.22. The lowest BCUT2D eigenvalue weighted by Gasteiger charge is -2.32. The lowest BCUT2D eigenvalue weighted by molar-refractivity contribution is -0.0263. The van der Waals surface area contributed by atoms with Crippen LogP contribution in [0.3, 0.4) is 0 Å². The van der Waals surface area contributed by atoms with Crippen LogP contribution in [0.2, 0.25) is 5.02 Å². The van der Waals surface area contributed by atoms with Gasteiger partial charge >= 0.3 is 0 Å². The fourth-order valence-corrected chi connectivity index (χ4v) is 2.17. The average molecular weight is 295 g/mol. The quantitative estimate of drug-likeness (QED) is 0.927. The Kier molecular flexibility index (Phi) is 6.32. The highest BCUT2D eigenvalue weighted by atomic mass is 35.5. The highest BCUT2D eigenvalue weighted by Crippen LogP contribution is 2.20. The molecular formula is C12H17Cl2FN2O.